The van der Waals surface area contributed by atoms with Crippen molar-refractivity contribution in [2.24, 2.45) is 0 Å². The molecule has 0 fully saturated rings. The quantitative estimate of drug-likeness (QED) is 0.819. The lowest BCUT2D eigenvalue weighted by Gasteiger charge is -2.32. The first-order valence-corrected chi connectivity index (χ1v) is 9.50. The van der Waals surface area contributed by atoms with Crippen molar-refractivity contribution in [3.8, 4) is 0 Å². The molecule has 0 aromatic heterocycles. The first-order chi connectivity index (χ1) is 12.3. The lowest BCUT2D eigenvalue weighted by Crippen LogP contribution is -2.45. The zero-order chi connectivity index (χ0) is 18.9. The highest BCUT2D eigenvalue weighted by Gasteiger charge is 2.50. The normalized spacial score (nSPS) is 18.7. The summed E-state index contributed by atoms with van der Waals surface area (Å²) in [6.45, 7) is 3.62. The molecule has 1 aliphatic rings. The third-order valence-corrected chi connectivity index (χ3v) is 6.61. The Hall–Kier alpha value is -2.51. The minimum Gasteiger partial charge on any atom is -0.329 e. The third kappa shape index (κ3) is 3.04. The van der Waals surface area contributed by atoms with Gasteiger partial charge < -0.3 is 5.32 Å². The van der Waals surface area contributed by atoms with Gasteiger partial charge in [-0.1, -0.05) is 42.5 Å². The average molecular weight is 374 g/mol. The zero-order valence-electron chi connectivity index (χ0n) is 14.4. The Labute approximate surface area is 152 Å². The van der Waals surface area contributed by atoms with Crippen LogP contribution in [0.2, 0.25) is 0 Å². The van der Waals surface area contributed by atoms with Crippen LogP contribution in [0.4, 0.5) is 4.39 Å². The van der Waals surface area contributed by atoms with Crippen molar-refractivity contribution in [3.05, 3.63) is 77.2 Å². The highest BCUT2D eigenvalue weighted by molar-refractivity contribution is 7.98. The Morgan fingerprint density at radius 2 is 1.69 bits per heavy atom. The fraction of sp³-hybridized carbons (Fsp3) is 0.211. The van der Waals surface area contributed by atoms with Crippen molar-refractivity contribution in [1.82, 2.24) is 9.62 Å². The van der Waals surface area contributed by atoms with Gasteiger partial charge in [0.05, 0.1) is 11.2 Å². The number of halogens is 1. The number of rotatable bonds is 5. The molecule has 5 nitrogen and oxygen atoms in total. The van der Waals surface area contributed by atoms with Gasteiger partial charge in [-0.2, -0.15) is 4.31 Å². The number of carbonyl (C=O) groups excluding carboxylic acids is 1. The van der Waals surface area contributed by atoms with Gasteiger partial charge >= 0.3 is 0 Å². The van der Waals surface area contributed by atoms with E-state index < -0.39 is 21.4 Å². The second-order valence-corrected chi connectivity index (χ2v) is 8.33. The highest BCUT2D eigenvalue weighted by Crippen LogP contribution is 2.44. The number of carbonyl (C=O) groups is 1. The molecule has 0 unspecified atom stereocenters. The Bertz CT molecular complexity index is 952. The number of amides is 1. The van der Waals surface area contributed by atoms with Gasteiger partial charge in [0.1, 0.15) is 10.7 Å². The molecule has 2 aromatic carbocycles. The molecule has 3 rings (SSSR count). The van der Waals surface area contributed by atoms with E-state index in [0.29, 0.717) is 12.0 Å². The van der Waals surface area contributed by atoms with E-state index in [1.165, 1.54) is 28.6 Å². The Balaban J connectivity index is 2.15. The smallest absolute Gasteiger partial charge is 0.246 e. The number of nitrogens with one attached hydrogen (secondary N) is 1. The molecule has 1 aliphatic heterocycles. The molecule has 0 radical (unpaired) electrons. The summed E-state index contributed by atoms with van der Waals surface area (Å²) in [4.78, 5) is 11.1. The van der Waals surface area contributed by atoms with Crippen molar-refractivity contribution < 1.29 is 17.6 Å². The van der Waals surface area contributed by atoms with Crippen LogP contribution in [0.3, 0.4) is 0 Å². The number of hydrogen-bond donors (Lipinski definition) is 1. The van der Waals surface area contributed by atoms with Crippen molar-refractivity contribution in [2.45, 2.75) is 25.9 Å². The van der Waals surface area contributed by atoms with Gasteiger partial charge in [0, 0.05) is 6.54 Å². The molecule has 26 heavy (non-hydrogen) atoms. The van der Waals surface area contributed by atoms with Gasteiger partial charge in [0.15, 0.2) is 0 Å². The predicted molar refractivity (Wildman–Crippen MR) is 97.5 cm³/mol. The maximum atomic E-state index is 13.3. The second-order valence-electron chi connectivity index (χ2n) is 6.53. The lowest BCUT2D eigenvalue weighted by molar-refractivity contribution is -0.109. The molecule has 0 saturated heterocycles. The van der Waals surface area contributed by atoms with Crippen molar-refractivity contribution in [1.29, 1.82) is 0 Å². The van der Waals surface area contributed by atoms with E-state index in [0.717, 1.165) is 5.56 Å². The molecule has 0 saturated carbocycles. The van der Waals surface area contributed by atoms with Crippen LogP contribution in [0.5, 0.6) is 0 Å². The maximum Gasteiger partial charge on any atom is 0.246 e. The molecule has 2 aromatic rings. The fourth-order valence-corrected chi connectivity index (χ4v) is 5.40. The summed E-state index contributed by atoms with van der Waals surface area (Å²) in [6.07, 6.45) is 0.460. The van der Waals surface area contributed by atoms with Gasteiger partial charge in [-0.25, -0.2) is 12.8 Å². The largest absolute Gasteiger partial charge is 0.329 e. The number of benzene rings is 2. The molecule has 1 N–H and O–H groups in total. The standard InChI is InChI=1S/C19H19FN2O3S/c1-19(2)18(21-13-23)17(15-8-10-16(20)11-9-15)26(24,25)22(19)12-14-6-4-3-5-7-14/h3-11,13H,12H2,1-2H3,(H,21,23). The van der Waals surface area contributed by atoms with Gasteiger partial charge in [-0.15, -0.1) is 0 Å². The van der Waals surface area contributed by atoms with Crippen molar-refractivity contribution in [2.75, 3.05) is 0 Å². The Morgan fingerprint density at radius 1 is 1.08 bits per heavy atom. The predicted octanol–water partition coefficient (Wildman–Crippen LogP) is 2.86. The van der Waals surface area contributed by atoms with Crippen LogP contribution >= 0.6 is 0 Å². The molecular weight excluding hydrogens is 355 g/mol. The molecule has 0 spiro atoms. The lowest BCUT2D eigenvalue weighted by atomic mass is 9.97. The fourth-order valence-electron chi connectivity index (χ4n) is 3.17. The van der Waals surface area contributed by atoms with Crippen LogP contribution in [0.1, 0.15) is 25.0 Å². The summed E-state index contributed by atoms with van der Waals surface area (Å²) < 4.78 is 41.2. The van der Waals surface area contributed by atoms with Crippen LogP contribution in [-0.2, 0) is 21.4 Å². The van der Waals surface area contributed by atoms with E-state index in [-0.39, 0.29) is 17.1 Å². The van der Waals surface area contributed by atoms with E-state index in [1.807, 2.05) is 30.3 Å². The van der Waals surface area contributed by atoms with Crippen LogP contribution in [0, 0.1) is 5.82 Å². The van der Waals surface area contributed by atoms with Gasteiger partial charge in [-0.3, -0.25) is 4.79 Å². The number of hydrogen-bond acceptors (Lipinski definition) is 3. The van der Waals surface area contributed by atoms with E-state index in [2.05, 4.69) is 5.32 Å². The monoisotopic (exact) mass is 374 g/mol. The third-order valence-electron chi connectivity index (χ3n) is 4.49. The molecule has 0 aliphatic carbocycles. The van der Waals surface area contributed by atoms with Gasteiger partial charge in [0.25, 0.3) is 0 Å². The van der Waals surface area contributed by atoms with Crippen molar-refractivity contribution in [3.63, 3.8) is 0 Å². The summed E-state index contributed by atoms with van der Waals surface area (Å²) in [5, 5.41) is 2.55. The number of sulfonamides is 1. The minimum atomic E-state index is -3.90. The molecule has 0 atom stereocenters. The molecule has 1 heterocycles. The number of nitrogens with zero attached hydrogens (tertiary/aromatic N) is 1. The van der Waals surface area contributed by atoms with E-state index >= 15 is 0 Å². The van der Waals surface area contributed by atoms with E-state index in [9.17, 15) is 17.6 Å². The molecule has 0 bridgehead atoms. The Morgan fingerprint density at radius 3 is 2.27 bits per heavy atom. The van der Waals surface area contributed by atoms with Gasteiger partial charge in [-0.05, 0) is 37.1 Å². The molecule has 7 heteroatoms. The van der Waals surface area contributed by atoms with Crippen LogP contribution < -0.4 is 5.32 Å². The molecule has 1 amide bonds. The van der Waals surface area contributed by atoms with Crippen molar-refractivity contribution >= 4 is 21.3 Å². The summed E-state index contributed by atoms with van der Waals surface area (Å²) >= 11 is 0. The molecular formula is C19H19FN2O3S. The highest BCUT2D eigenvalue weighted by atomic mass is 32.2. The average Bonchev–Trinajstić information content (AvgIpc) is 2.74. The SMILES string of the molecule is CC1(C)C(NC=O)=C(c2ccc(F)cc2)S(=O)(=O)N1Cc1ccccc1. The Kier molecular flexibility index (Phi) is 4.68. The van der Waals surface area contributed by atoms with Crippen LogP contribution in [0.15, 0.2) is 60.3 Å². The summed E-state index contributed by atoms with van der Waals surface area (Å²) in [7, 11) is -3.90. The van der Waals surface area contributed by atoms with Gasteiger partial charge in [0.2, 0.25) is 16.4 Å². The summed E-state index contributed by atoms with van der Waals surface area (Å²) in [6, 6.07) is 14.4. The maximum absolute atomic E-state index is 13.3. The van der Waals surface area contributed by atoms with Crippen LogP contribution in [0.25, 0.3) is 4.91 Å². The van der Waals surface area contributed by atoms with Crippen LogP contribution in [-0.4, -0.2) is 24.7 Å². The summed E-state index contributed by atoms with van der Waals surface area (Å²) in [5.74, 6) is -0.463. The second kappa shape index (κ2) is 6.66. The van der Waals surface area contributed by atoms with E-state index in [1.54, 1.807) is 13.8 Å². The summed E-state index contributed by atoms with van der Waals surface area (Å²) in [5.41, 5.74) is 0.462. The topological polar surface area (TPSA) is 66.5 Å². The first-order valence-electron chi connectivity index (χ1n) is 8.06. The zero-order valence-corrected chi connectivity index (χ0v) is 15.3. The minimum absolute atomic E-state index is 0.00877. The van der Waals surface area contributed by atoms with E-state index in [4.69, 9.17) is 0 Å². The first kappa shape index (κ1) is 18.3. The molecule has 136 valence electrons.